The molecule has 132 valence electrons. The molecule has 1 aromatic heterocycles. The number of halogens is 3. The van der Waals surface area contributed by atoms with Gasteiger partial charge in [0.1, 0.15) is 11.5 Å². The third-order valence-corrected chi connectivity index (χ3v) is 3.57. The topological polar surface area (TPSA) is 42.2 Å². The monoisotopic (exact) mass is 357 g/mol. The molecule has 0 unspecified atom stereocenters. The molecule has 6 heteroatoms. The number of anilines is 1. The SMILES string of the molecule is O=C(C=Cc1ccc(-c2ccccc2)o1)Nc1ccccc1C(F)(F)F. The van der Waals surface area contributed by atoms with Gasteiger partial charge in [-0.25, -0.2) is 0 Å². The minimum Gasteiger partial charge on any atom is -0.457 e. The Morgan fingerprint density at radius 2 is 1.62 bits per heavy atom. The largest absolute Gasteiger partial charge is 0.457 e. The maximum Gasteiger partial charge on any atom is 0.418 e. The van der Waals surface area contributed by atoms with E-state index in [1.54, 1.807) is 12.1 Å². The highest BCUT2D eigenvalue weighted by atomic mass is 19.4. The third-order valence-electron chi connectivity index (χ3n) is 3.57. The van der Waals surface area contributed by atoms with Gasteiger partial charge in [-0.1, -0.05) is 42.5 Å². The molecule has 0 spiro atoms. The Labute approximate surface area is 147 Å². The first-order valence-corrected chi connectivity index (χ1v) is 7.74. The lowest BCUT2D eigenvalue weighted by atomic mass is 10.1. The summed E-state index contributed by atoms with van der Waals surface area (Å²) in [5.74, 6) is 0.371. The molecule has 3 nitrogen and oxygen atoms in total. The molecule has 3 aromatic rings. The number of carbonyl (C=O) groups excluding carboxylic acids is 1. The molecule has 0 saturated carbocycles. The molecular weight excluding hydrogens is 343 g/mol. The average molecular weight is 357 g/mol. The second-order valence-corrected chi connectivity index (χ2v) is 5.43. The lowest BCUT2D eigenvalue weighted by Gasteiger charge is -2.12. The fourth-order valence-corrected chi connectivity index (χ4v) is 2.37. The lowest BCUT2D eigenvalue weighted by molar-refractivity contribution is -0.136. The molecule has 0 aliphatic rings. The van der Waals surface area contributed by atoms with Gasteiger partial charge < -0.3 is 9.73 Å². The predicted molar refractivity (Wildman–Crippen MR) is 93.3 cm³/mol. The van der Waals surface area contributed by atoms with Crippen LogP contribution in [0.2, 0.25) is 0 Å². The molecule has 0 aliphatic heterocycles. The van der Waals surface area contributed by atoms with E-state index in [4.69, 9.17) is 4.42 Å². The minimum atomic E-state index is -4.54. The van der Waals surface area contributed by atoms with Crippen molar-refractivity contribution in [1.29, 1.82) is 0 Å². The van der Waals surface area contributed by atoms with E-state index in [0.717, 1.165) is 17.7 Å². The van der Waals surface area contributed by atoms with Crippen molar-refractivity contribution < 1.29 is 22.4 Å². The number of hydrogen-bond acceptors (Lipinski definition) is 2. The molecule has 3 rings (SSSR count). The zero-order chi connectivity index (χ0) is 18.6. The second kappa shape index (κ2) is 7.31. The van der Waals surface area contributed by atoms with Gasteiger partial charge >= 0.3 is 6.18 Å². The van der Waals surface area contributed by atoms with Crippen molar-refractivity contribution in [3.05, 3.63) is 84.1 Å². The van der Waals surface area contributed by atoms with E-state index in [9.17, 15) is 18.0 Å². The third kappa shape index (κ3) is 4.22. The summed E-state index contributed by atoms with van der Waals surface area (Å²) in [6.45, 7) is 0. The van der Waals surface area contributed by atoms with Gasteiger partial charge in [0.25, 0.3) is 0 Å². The molecule has 1 N–H and O–H groups in total. The summed E-state index contributed by atoms with van der Waals surface area (Å²) in [4.78, 5) is 11.9. The van der Waals surface area contributed by atoms with Crippen LogP contribution in [0.1, 0.15) is 11.3 Å². The van der Waals surface area contributed by atoms with Crippen molar-refractivity contribution in [3.8, 4) is 11.3 Å². The standard InChI is InChI=1S/C20H14F3NO2/c21-20(22,23)16-8-4-5-9-17(16)24-19(25)13-11-15-10-12-18(26-15)14-6-2-1-3-7-14/h1-13H,(H,24,25). The van der Waals surface area contributed by atoms with Crippen LogP contribution in [0.25, 0.3) is 17.4 Å². The highest BCUT2D eigenvalue weighted by Crippen LogP contribution is 2.34. The van der Waals surface area contributed by atoms with Crippen LogP contribution in [0, 0.1) is 0 Å². The van der Waals surface area contributed by atoms with Crippen molar-refractivity contribution in [2.24, 2.45) is 0 Å². The molecule has 1 heterocycles. The van der Waals surface area contributed by atoms with Crippen LogP contribution >= 0.6 is 0 Å². The van der Waals surface area contributed by atoms with E-state index in [-0.39, 0.29) is 5.69 Å². The maximum atomic E-state index is 12.9. The van der Waals surface area contributed by atoms with Crippen LogP contribution in [-0.4, -0.2) is 5.91 Å². The quantitative estimate of drug-likeness (QED) is 0.616. The van der Waals surface area contributed by atoms with Gasteiger partial charge in [-0.2, -0.15) is 13.2 Å². The Morgan fingerprint density at radius 3 is 2.35 bits per heavy atom. The number of benzene rings is 2. The molecule has 0 radical (unpaired) electrons. The number of hydrogen-bond donors (Lipinski definition) is 1. The summed E-state index contributed by atoms with van der Waals surface area (Å²) >= 11 is 0. The summed E-state index contributed by atoms with van der Waals surface area (Å²) in [7, 11) is 0. The smallest absolute Gasteiger partial charge is 0.418 e. The Hall–Kier alpha value is -3.28. The number of amides is 1. The maximum absolute atomic E-state index is 12.9. The van der Waals surface area contributed by atoms with Crippen LogP contribution in [0.3, 0.4) is 0 Å². The summed E-state index contributed by atoms with van der Waals surface area (Å²) < 4.78 is 44.4. The minimum absolute atomic E-state index is 0.293. The summed E-state index contributed by atoms with van der Waals surface area (Å²) in [5, 5.41) is 2.24. The van der Waals surface area contributed by atoms with E-state index in [1.165, 1.54) is 24.3 Å². The molecular formula is C20H14F3NO2. The normalized spacial score (nSPS) is 11.7. The van der Waals surface area contributed by atoms with E-state index in [2.05, 4.69) is 5.32 Å². The Kier molecular flexibility index (Phi) is 4.93. The molecule has 0 bridgehead atoms. The predicted octanol–water partition coefficient (Wildman–Crippen LogP) is 5.62. The number of para-hydroxylation sites is 1. The Bertz CT molecular complexity index is 927. The van der Waals surface area contributed by atoms with Gasteiger partial charge in [-0.05, 0) is 30.3 Å². The zero-order valence-corrected chi connectivity index (χ0v) is 13.5. The van der Waals surface area contributed by atoms with Crippen LogP contribution in [0.5, 0.6) is 0 Å². The number of alkyl halides is 3. The molecule has 1 amide bonds. The summed E-state index contributed by atoms with van der Waals surface area (Å²) in [5.41, 5.74) is -0.305. The van der Waals surface area contributed by atoms with Gasteiger partial charge in [0, 0.05) is 11.6 Å². The highest BCUT2D eigenvalue weighted by Gasteiger charge is 2.33. The van der Waals surface area contributed by atoms with Crippen molar-refractivity contribution in [3.63, 3.8) is 0 Å². The fourth-order valence-electron chi connectivity index (χ4n) is 2.37. The molecule has 2 aromatic carbocycles. The van der Waals surface area contributed by atoms with Crippen LogP contribution in [-0.2, 0) is 11.0 Å². The highest BCUT2D eigenvalue weighted by molar-refractivity contribution is 6.02. The van der Waals surface area contributed by atoms with E-state index in [0.29, 0.717) is 11.5 Å². The molecule has 0 aliphatic carbocycles. The van der Waals surface area contributed by atoms with Crippen LogP contribution in [0.15, 0.2) is 77.2 Å². The fraction of sp³-hybridized carbons (Fsp3) is 0.0500. The number of furan rings is 1. The van der Waals surface area contributed by atoms with Gasteiger partial charge in [0.15, 0.2) is 0 Å². The summed E-state index contributed by atoms with van der Waals surface area (Å²) in [6, 6.07) is 17.6. The van der Waals surface area contributed by atoms with E-state index >= 15 is 0 Å². The molecule has 0 fully saturated rings. The van der Waals surface area contributed by atoms with E-state index in [1.807, 2.05) is 30.3 Å². The van der Waals surface area contributed by atoms with Crippen molar-refractivity contribution in [1.82, 2.24) is 0 Å². The van der Waals surface area contributed by atoms with Crippen LogP contribution in [0.4, 0.5) is 18.9 Å². The lowest BCUT2D eigenvalue weighted by Crippen LogP contribution is -2.14. The number of rotatable bonds is 4. The molecule has 0 saturated heterocycles. The first-order valence-electron chi connectivity index (χ1n) is 7.74. The summed E-state index contributed by atoms with van der Waals surface area (Å²) in [6.07, 6.45) is -2.02. The van der Waals surface area contributed by atoms with Gasteiger partial charge in [0.05, 0.1) is 11.3 Å². The van der Waals surface area contributed by atoms with Crippen molar-refractivity contribution in [2.75, 3.05) is 5.32 Å². The molecule has 0 atom stereocenters. The number of nitrogens with one attached hydrogen (secondary N) is 1. The average Bonchev–Trinajstić information content (AvgIpc) is 3.09. The van der Waals surface area contributed by atoms with Gasteiger partial charge in [0.2, 0.25) is 5.91 Å². The Balaban J connectivity index is 1.71. The zero-order valence-electron chi connectivity index (χ0n) is 13.5. The van der Waals surface area contributed by atoms with Crippen molar-refractivity contribution >= 4 is 17.7 Å². The Morgan fingerprint density at radius 1 is 0.923 bits per heavy atom. The van der Waals surface area contributed by atoms with Gasteiger partial charge in [-0.15, -0.1) is 0 Å². The molecule has 26 heavy (non-hydrogen) atoms. The first kappa shape index (κ1) is 17.5. The van der Waals surface area contributed by atoms with Crippen LogP contribution < -0.4 is 5.32 Å². The number of carbonyl (C=O) groups is 1. The van der Waals surface area contributed by atoms with Gasteiger partial charge in [-0.3, -0.25) is 4.79 Å². The van der Waals surface area contributed by atoms with E-state index < -0.39 is 17.6 Å². The first-order chi connectivity index (χ1) is 12.4. The van der Waals surface area contributed by atoms with Crippen molar-refractivity contribution in [2.45, 2.75) is 6.18 Å². The second-order valence-electron chi connectivity index (χ2n) is 5.43.